The Kier molecular flexibility index (Phi) is 6.99. The van der Waals surface area contributed by atoms with Crippen LogP contribution in [-0.4, -0.2) is 40.0 Å². The molecule has 0 aliphatic heterocycles. The second-order valence-electron chi connectivity index (χ2n) is 7.54. The van der Waals surface area contributed by atoms with Crippen LogP contribution in [0.1, 0.15) is 21.5 Å². The number of hydrogen-bond acceptors (Lipinski definition) is 5. The first kappa shape index (κ1) is 21.8. The lowest BCUT2D eigenvalue weighted by atomic mass is 10.2. The van der Waals surface area contributed by atoms with Crippen LogP contribution in [0.25, 0.3) is 10.6 Å². The molecule has 0 saturated carbocycles. The van der Waals surface area contributed by atoms with E-state index in [4.69, 9.17) is 4.74 Å². The Morgan fingerprint density at radius 3 is 2.75 bits per heavy atom. The van der Waals surface area contributed by atoms with Gasteiger partial charge in [-0.3, -0.25) is 9.48 Å². The summed E-state index contributed by atoms with van der Waals surface area (Å²) < 4.78 is 7.40. The number of aryl methyl sites for hydroxylation is 1. The van der Waals surface area contributed by atoms with Crippen molar-refractivity contribution in [2.75, 3.05) is 13.2 Å². The smallest absolute Gasteiger partial charge is 0.255 e. The maximum Gasteiger partial charge on any atom is 0.255 e. The van der Waals surface area contributed by atoms with Gasteiger partial charge in [0, 0.05) is 12.7 Å². The summed E-state index contributed by atoms with van der Waals surface area (Å²) in [6.45, 7) is 2.72. The van der Waals surface area contributed by atoms with Crippen molar-refractivity contribution >= 4 is 17.2 Å². The fraction of sp³-hybridized carbons (Fsp3) is 0.200. The quantitative estimate of drug-likeness (QED) is 0.404. The van der Waals surface area contributed by atoms with Crippen molar-refractivity contribution < 1.29 is 14.6 Å². The van der Waals surface area contributed by atoms with Crippen molar-refractivity contribution in [3.05, 3.63) is 95.0 Å². The van der Waals surface area contributed by atoms with Gasteiger partial charge in [0.15, 0.2) is 0 Å². The molecule has 164 valence electrons. The predicted molar refractivity (Wildman–Crippen MR) is 126 cm³/mol. The zero-order valence-electron chi connectivity index (χ0n) is 17.8. The minimum absolute atomic E-state index is 0.0817. The van der Waals surface area contributed by atoms with E-state index in [9.17, 15) is 9.90 Å². The van der Waals surface area contributed by atoms with E-state index in [1.807, 2.05) is 79.0 Å². The average molecular weight is 448 g/mol. The number of aliphatic hydroxyl groups excluding tert-OH is 1. The molecule has 0 aliphatic carbocycles. The second kappa shape index (κ2) is 10.3. The van der Waals surface area contributed by atoms with Gasteiger partial charge in [-0.15, -0.1) is 11.3 Å². The maximum absolute atomic E-state index is 12.9. The van der Waals surface area contributed by atoms with Crippen LogP contribution in [0.5, 0.6) is 5.75 Å². The normalized spacial score (nSPS) is 11.8. The van der Waals surface area contributed by atoms with E-state index in [1.54, 1.807) is 10.9 Å². The number of nitrogens with zero attached hydrogens (tertiary/aromatic N) is 2. The summed E-state index contributed by atoms with van der Waals surface area (Å²) in [7, 11) is 0. The molecule has 0 radical (unpaired) electrons. The van der Waals surface area contributed by atoms with E-state index in [1.165, 1.54) is 11.3 Å². The Balaban J connectivity index is 1.41. The summed E-state index contributed by atoms with van der Waals surface area (Å²) in [4.78, 5) is 13.9. The van der Waals surface area contributed by atoms with Crippen LogP contribution in [0.3, 0.4) is 0 Å². The first-order chi connectivity index (χ1) is 15.6. The molecule has 1 amide bonds. The van der Waals surface area contributed by atoms with Crippen LogP contribution in [0.4, 0.5) is 0 Å². The summed E-state index contributed by atoms with van der Waals surface area (Å²) in [6, 6.07) is 21.5. The van der Waals surface area contributed by atoms with E-state index in [-0.39, 0.29) is 19.1 Å². The van der Waals surface area contributed by atoms with E-state index >= 15 is 0 Å². The first-order valence-electron chi connectivity index (χ1n) is 10.4. The number of aromatic nitrogens is 2. The Labute approximate surface area is 191 Å². The van der Waals surface area contributed by atoms with Gasteiger partial charge in [-0.2, -0.15) is 5.10 Å². The summed E-state index contributed by atoms with van der Waals surface area (Å²) in [5.74, 6) is 0.417. The van der Waals surface area contributed by atoms with Gasteiger partial charge in [0.05, 0.1) is 17.0 Å². The molecular weight excluding hydrogens is 422 g/mol. The SMILES string of the molecule is Cc1cccc(OCC(O)CNC(=O)c2cn(Cc3ccccc3)nc2-c2cccs2)c1. The zero-order valence-corrected chi connectivity index (χ0v) is 18.6. The Morgan fingerprint density at radius 1 is 1.16 bits per heavy atom. The molecule has 7 heteroatoms. The molecule has 0 bridgehead atoms. The van der Waals surface area contributed by atoms with Crippen LogP contribution >= 0.6 is 11.3 Å². The average Bonchev–Trinajstić information content (AvgIpc) is 3.47. The molecule has 6 nitrogen and oxygen atoms in total. The summed E-state index contributed by atoms with van der Waals surface area (Å²) >= 11 is 1.53. The van der Waals surface area contributed by atoms with Gasteiger partial charge in [0.2, 0.25) is 0 Å². The molecule has 1 unspecified atom stereocenters. The lowest BCUT2D eigenvalue weighted by Crippen LogP contribution is -2.35. The molecule has 0 spiro atoms. The Hall–Kier alpha value is -3.42. The number of ether oxygens (including phenoxy) is 1. The second-order valence-corrected chi connectivity index (χ2v) is 8.49. The fourth-order valence-corrected chi connectivity index (χ4v) is 4.02. The number of benzene rings is 2. The van der Waals surface area contributed by atoms with E-state index < -0.39 is 6.10 Å². The number of carbonyl (C=O) groups excluding carboxylic acids is 1. The number of nitrogens with one attached hydrogen (secondary N) is 1. The van der Waals surface area contributed by atoms with Crippen molar-refractivity contribution in [2.45, 2.75) is 19.6 Å². The zero-order chi connectivity index (χ0) is 22.3. The fourth-order valence-electron chi connectivity index (χ4n) is 3.30. The third-order valence-electron chi connectivity index (χ3n) is 4.88. The highest BCUT2D eigenvalue weighted by atomic mass is 32.1. The molecule has 2 aromatic heterocycles. The topological polar surface area (TPSA) is 76.4 Å². The van der Waals surface area contributed by atoms with E-state index in [2.05, 4.69) is 10.4 Å². The van der Waals surface area contributed by atoms with Crippen LogP contribution in [0.15, 0.2) is 78.3 Å². The summed E-state index contributed by atoms with van der Waals surface area (Å²) in [6.07, 6.45) is 0.927. The summed E-state index contributed by atoms with van der Waals surface area (Å²) in [5, 5.41) is 19.7. The van der Waals surface area contributed by atoms with Crippen LogP contribution in [-0.2, 0) is 6.54 Å². The third kappa shape index (κ3) is 5.63. The standard InChI is InChI=1S/C25H25N3O3S/c1-18-7-5-10-21(13-18)31-17-20(29)14-26-25(30)22-16-28(15-19-8-3-2-4-9-19)27-24(22)23-11-6-12-32-23/h2-13,16,20,29H,14-15,17H2,1H3,(H,26,30). The maximum atomic E-state index is 12.9. The highest BCUT2D eigenvalue weighted by Crippen LogP contribution is 2.27. The Morgan fingerprint density at radius 2 is 2.00 bits per heavy atom. The van der Waals surface area contributed by atoms with Crippen molar-refractivity contribution in [1.82, 2.24) is 15.1 Å². The first-order valence-corrected chi connectivity index (χ1v) is 11.3. The third-order valence-corrected chi connectivity index (χ3v) is 5.76. The predicted octanol–water partition coefficient (Wildman–Crippen LogP) is 4.14. The van der Waals surface area contributed by atoms with Crippen molar-refractivity contribution in [2.24, 2.45) is 0 Å². The molecule has 2 aromatic carbocycles. The highest BCUT2D eigenvalue weighted by Gasteiger charge is 2.19. The molecular formula is C25H25N3O3S. The Bertz CT molecular complexity index is 1160. The van der Waals surface area contributed by atoms with Gasteiger partial charge in [-0.25, -0.2) is 0 Å². The van der Waals surface area contributed by atoms with Gasteiger partial charge in [-0.1, -0.05) is 48.5 Å². The van der Waals surface area contributed by atoms with Crippen molar-refractivity contribution in [3.63, 3.8) is 0 Å². The molecule has 0 fully saturated rings. The molecule has 1 atom stereocenters. The number of amides is 1. The molecule has 4 aromatic rings. The molecule has 32 heavy (non-hydrogen) atoms. The lowest BCUT2D eigenvalue weighted by molar-refractivity contribution is 0.0844. The van der Waals surface area contributed by atoms with Crippen LogP contribution in [0, 0.1) is 6.92 Å². The summed E-state index contributed by atoms with van der Waals surface area (Å²) in [5.41, 5.74) is 3.30. The minimum atomic E-state index is -0.830. The number of aliphatic hydroxyl groups is 1. The number of carbonyl (C=O) groups is 1. The molecule has 0 aliphatic rings. The van der Waals surface area contributed by atoms with Crippen molar-refractivity contribution in [3.8, 4) is 16.3 Å². The largest absolute Gasteiger partial charge is 0.491 e. The lowest BCUT2D eigenvalue weighted by Gasteiger charge is -2.13. The van der Waals surface area contributed by atoms with E-state index in [0.717, 1.165) is 16.0 Å². The molecule has 2 N–H and O–H groups in total. The van der Waals surface area contributed by atoms with E-state index in [0.29, 0.717) is 23.6 Å². The number of thiophene rings is 1. The van der Waals surface area contributed by atoms with Gasteiger partial charge >= 0.3 is 0 Å². The van der Waals surface area contributed by atoms with Crippen LogP contribution in [0.2, 0.25) is 0 Å². The molecule has 4 rings (SSSR count). The molecule has 0 saturated heterocycles. The van der Waals surface area contributed by atoms with Gasteiger partial charge < -0.3 is 15.2 Å². The number of rotatable bonds is 9. The monoisotopic (exact) mass is 447 g/mol. The van der Waals surface area contributed by atoms with Gasteiger partial charge in [-0.05, 0) is 41.6 Å². The minimum Gasteiger partial charge on any atom is -0.491 e. The highest BCUT2D eigenvalue weighted by molar-refractivity contribution is 7.13. The number of hydrogen-bond donors (Lipinski definition) is 2. The van der Waals surface area contributed by atoms with Crippen molar-refractivity contribution in [1.29, 1.82) is 0 Å². The molecule has 2 heterocycles. The van der Waals surface area contributed by atoms with Gasteiger partial charge in [0.1, 0.15) is 24.2 Å². The van der Waals surface area contributed by atoms with Gasteiger partial charge in [0.25, 0.3) is 5.91 Å². The van der Waals surface area contributed by atoms with Crippen LogP contribution < -0.4 is 10.1 Å².